The van der Waals surface area contributed by atoms with Crippen LogP contribution >= 0.6 is 0 Å². The predicted molar refractivity (Wildman–Crippen MR) is 116 cm³/mol. The van der Waals surface area contributed by atoms with E-state index in [1.54, 1.807) is 13.0 Å². The molecule has 1 saturated carbocycles. The average molecular weight is 435 g/mol. The molecule has 2 aromatic carbocycles. The Balaban J connectivity index is 1.88. The van der Waals surface area contributed by atoms with Crippen LogP contribution < -0.4 is 4.74 Å². The standard InChI is InChI=1S/C26H30F4O/c1-4-6-19-7-9-20(10-8-19)16-31-25-17(3)15-22(24(27)23(25)26(28,29)30)21-13-11-18(5-2)12-14-21/h5,7-10,15,18,21H,2,4,6,11-14,16H2,1,3H3. The molecule has 0 N–H and O–H groups in total. The van der Waals surface area contributed by atoms with Crippen molar-refractivity contribution in [2.75, 3.05) is 0 Å². The minimum atomic E-state index is -4.83. The van der Waals surface area contributed by atoms with Crippen molar-refractivity contribution in [3.8, 4) is 5.75 Å². The van der Waals surface area contributed by atoms with Crippen LogP contribution in [-0.2, 0) is 19.2 Å². The fourth-order valence-electron chi connectivity index (χ4n) is 4.45. The molecule has 0 unspecified atom stereocenters. The predicted octanol–water partition coefficient (Wildman–Crippen LogP) is 8.14. The third kappa shape index (κ3) is 5.50. The first kappa shape index (κ1) is 23.4. The number of ether oxygens (including phenoxy) is 1. The van der Waals surface area contributed by atoms with Crippen LogP contribution in [-0.4, -0.2) is 0 Å². The van der Waals surface area contributed by atoms with Gasteiger partial charge in [0.05, 0.1) is 0 Å². The Bertz CT molecular complexity index is 891. The number of rotatable bonds is 7. The van der Waals surface area contributed by atoms with Crippen LogP contribution in [0.3, 0.4) is 0 Å². The molecule has 0 aromatic heterocycles. The highest BCUT2D eigenvalue weighted by Crippen LogP contribution is 2.45. The van der Waals surface area contributed by atoms with Gasteiger partial charge >= 0.3 is 6.18 Å². The first-order valence-corrected chi connectivity index (χ1v) is 11.0. The van der Waals surface area contributed by atoms with Crippen molar-refractivity contribution >= 4 is 0 Å². The van der Waals surface area contributed by atoms with Crippen molar-refractivity contribution in [3.63, 3.8) is 0 Å². The SMILES string of the molecule is C=CC1CCC(c2cc(C)c(OCc3ccc(CCC)cc3)c(C(F)(F)F)c2F)CC1. The molecule has 0 bridgehead atoms. The topological polar surface area (TPSA) is 9.23 Å². The lowest BCUT2D eigenvalue weighted by atomic mass is 9.78. The van der Waals surface area contributed by atoms with E-state index < -0.39 is 23.3 Å². The molecule has 1 aliphatic rings. The van der Waals surface area contributed by atoms with Gasteiger partial charge in [-0.2, -0.15) is 13.2 Å². The second kappa shape index (κ2) is 9.88. The van der Waals surface area contributed by atoms with Gasteiger partial charge in [-0.25, -0.2) is 4.39 Å². The largest absolute Gasteiger partial charge is 0.488 e. The van der Waals surface area contributed by atoms with Crippen LogP contribution in [0, 0.1) is 18.7 Å². The number of hydrogen-bond acceptors (Lipinski definition) is 1. The summed E-state index contributed by atoms with van der Waals surface area (Å²) in [5.41, 5.74) is 1.11. The van der Waals surface area contributed by atoms with Gasteiger partial charge in [0, 0.05) is 0 Å². The van der Waals surface area contributed by atoms with Gasteiger partial charge in [0.2, 0.25) is 0 Å². The molecule has 168 valence electrons. The van der Waals surface area contributed by atoms with Crippen LogP contribution in [0.25, 0.3) is 0 Å². The number of benzene rings is 2. The maximum absolute atomic E-state index is 15.2. The maximum Gasteiger partial charge on any atom is 0.422 e. The fourth-order valence-corrected chi connectivity index (χ4v) is 4.45. The summed E-state index contributed by atoms with van der Waals surface area (Å²) in [5.74, 6) is -1.45. The van der Waals surface area contributed by atoms with Crippen LogP contribution in [0.2, 0.25) is 0 Å². The second-order valence-corrected chi connectivity index (χ2v) is 8.50. The minimum Gasteiger partial charge on any atom is -0.488 e. The highest BCUT2D eigenvalue weighted by Gasteiger charge is 2.41. The molecule has 5 heteroatoms. The van der Waals surface area contributed by atoms with E-state index in [1.807, 2.05) is 30.3 Å². The summed E-state index contributed by atoms with van der Waals surface area (Å²) in [6.45, 7) is 7.40. The van der Waals surface area contributed by atoms with Gasteiger partial charge in [-0.05, 0) is 79.2 Å². The molecule has 1 aliphatic carbocycles. The molecule has 0 atom stereocenters. The molecule has 0 aliphatic heterocycles. The van der Waals surface area contributed by atoms with Gasteiger partial charge in [-0.1, -0.05) is 43.7 Å². The molecule has 0 radical (unpaired) electrons. The van der Waals surface area contributed by atoms with E-state index in [0.717, 1.165) is 31.2 Å². The third-order valence-corrected chi connectivity index (χ3v) is 6.20. The Hall–Kier alpha value is -2.30. The van der Waals surface area contributed by atoms with Crippen molar-refractivity contribution in [1.82, 2.24) is 0 Å². The summed E-state index contributed by atoms with van der Waals surface area (Å²) < 4.78 is 62.4. The Labute approximate surface area is 182 Å². The highest BCUT2D eigenvalue weighted by atomic mass is 19.4. The number of allylic oxidation sites excluding steroid dienone is 1. The molecule has 31 heavy (non-hydrogen) atoms. The summed E-state index contributed by atoms with van der Waals surface area (Å²) in [7, 11) is 0. The summed E-state index contributed by atoms with van der Waals surface area (Å²) in [6.07, 6.45) is 1.97. The van der Waals surface area contributed by atoms with Gasteiger partial charge in [0.15, 0.2) is 0 Å². The minimum absolute atomic E-state index is 0.0421. The van der Waals surface area contributed by atoms with Gasteiger partial charge < -0.3 is 4.74 Å². The van der Waals surface area contributed by atoms with E-state index in [4.69, 9.17) is 4.74 Å². The first-order chi connectivity index (χ1) is 14.7. The Kier molecular flexibility index (Phi) is 7.45. The van der Waals surface area contributed by atoms with E-state index in [1.165, 1.54) is 5.56 Å². The molecular weight excluding hydrogens is 404 g/mol. The van der Waals surface area contributed by atoms with E-state index in [2.05, 4.69) is 13.5 Å². The zero-order valence-electron chi connectivity index (χ0n) is 18.2. The number of halogens is 4. The van der Waals surface area contributed by atoms with Gasteiger partial charge in [0.25, 0.3) is 0 Å². The molecular formula is C26H30F4O. The zero-order chi connectivity index (χ0) is 22.6. The maximum atomic E-state index is 15.2. The van der Waals surface area contributed by atoms with Gasteiger partial charge in [0.1, 0.15) is 23.7 Å². The molecule has 1 fully saturated rings. The Morgan fingerprint density at radius 1 is 1.06 bits per heavy atom. The molecule has 2 aromatic rings. The van der Waals surface area contributed by atoms with Crippen molar-refractivity contribution in [3.05, 3.63) is 76.6 Å². The zero-order valence-corrected chi connectivity index (χ0v) is 18.2. The number of aryl methyl sites for hydroxylation is 2. The normalized spacial score (nSPS) is 19.3. The van der Waals surface area contributed by atoms with Gasteiger partial charge in [-0.15, -0.1) is 6.58 Å². The summed E-state index contributed by atoms with van der Waals surface area (Å²) in [5, 5.41) is 0. The molecule has 3 rings (SSSR count). The van der Waals surface area contributed by atoms with E-state index in [-0.39, 0.29) is 18.1 Å². The molecule has 0 spiro atoms. The Morgan fingerprint density at radius 2 is 1.68 bits per heavy atom. The van der Waals surface area contributed by atoms with Crippen molar-refractivity contribution in [1.29, 1.82) is 0 Å². The monoisotopic (exact) mass is 434 g/mol. The molecule has 0 saturated heterocycles. The fraction of sp³-hybridized carbons (Fsp3) is 0.462. The van der Waals surface area contributed by atoms with E-state index in [9.17, 15) is 13.2 Å². The quantitative estimate of drug-likeness (QED) is 0.316. The van der Waals surface area contributed by atoms with E-state index >= 15 is 4.39 Å². The number of alkyl halides is 3. The van der Waals surface area contributed by atoms with E-state index in [0.29, 0.717) is 24.3 Å². The lowest BCUT2D eigenvalue weighted by Crippen LogP contribution is -2.18. The van der Waals surface area contributed by atoms with Gasteiger partial charge in [-0.3, -0.25) is 0 Å². The molecule has 0 heterocycles. The second-order valence-electron chi connectivity index (χ2n) is 8.50. The average Bonchev–Trinajstić information content (AvgIpc) is 2.74. The lowest BCUT2D eigenvalue weighted by Gasteiger charge is -2.29. The summed E-state index contributed by atoms with van der Waals surface area (Å²) in [6, 6.07) is 9.13. The summed E-state index contributed by atoms with van der Waals surface area (Å²) in [4.78, 5) is 0. The highest BCUT2D eigenvalue weighted by molar-refractivity contribution is 5.48. The Morgan fingerprint density at radius 3 is 2.23 bits per heavy atom. The van der Waals surface area contributed by atoms with Crippen molar-refractivity contribution in [2.24, 2.45) is 5.92 Å². The van der Waals surface area contributed by atoms with Crippen LogP contribution in [0.5, 0.6) is 5.75 Å². The van der Waals surface area contributed by atoms with Crippen molar-refractivity contribution < 1.29 is 22.3 Å². The van der Waals surface area contributed by atoms with Crippen molar-refractivity contribution in [2.45, 2.75) is 71.1 Å². The summed E-state index contributed by atoms with van der Waals surface area (Å²) >= 11 is 0. The third-order valence-electron chi connectivity index (χ3n) is 6.20. The number of hydrogen-bond donors (Lipinski definition) is 0. The smallest absolute Gasteiger partial charge is 0.422 e. The van der Waals surface area contributed by atoms with Crippen LogP contribution in [0.4, 0.5) is 17.6 Å². The molecule has 0 amide bonds. The first-order valence-electron chi connectivity index (χ1n) is 11.0. The lowest BCUT2D eigenvalue weighted by molar-refractivity contribution is -0.141. The molecule has 1 nitrogen and oxygen atoms in total. The van der Waals surface area contributed by atoms with Crippen LogP contribution in [0.1, 0.15) is 72.8 Å². The van der Waals surface area contributed by atoms with Crippen LogP contribution in [0.15, 0.2) is 43.0 Å².